The third-order valence-electron chi connectivity index (χ3n) is 4.45. The van der Waals surface area contributed by atoms with Gasteiger partial charge in [0, 0.05) is 42.5 Å². The SMILES string of the molecule is C[C@H](CN1CCCC1=O)NC(=O)N[C@@H]1C[C@H]1c1ccccc1Cl. The Morgan fingerprint density at radius 2 is 2.22 bits per heavy atom. The molecular formula is C17H22ClN3O2. The summed E-state index contributed by atoms with van der Waals surface area (Å²) in [6.45, 7) is 3.29. The zero-order valence-electron chi connectivity index (χ0n) is 13.2. The minimum absolute atomic E-state index is 0.0606. The van der Waals surface area contributed by atoms with Gasteiger partial charge in [-0.15, -0.1) is 0 Å². The lowest BCUT2D eigenvalue weighted by molar-refractivity contribution is -0.127. The van der Waals surface area contributed by atoms with E-state index in [0.717, 1.165) is 30.0 Å². The van der Waals surface area contributed by atoms with Crippen molar-refractivity contribution in [2.24, 2.45) is 0 Å². The predicted molar refractivity (Wildman–Crippen MR) is 89.5 cm³/mol. The minimum atomic E-state index is -0.177. The van der Waals surface area contributed by atoms with Gasteiger partial charge >= 0.3 is 6.03 Å². The van der Waals surface area contributed by atoms with Gasteiger partial charge in [0.1, 0.15) is 0 Å². The number of benzene rings is 1. The molecule has 2 N–H and O–H groups in total. The number of nitrogens with zero attached hydrogens (tertiary/aromatic N) is 1. The minimum Gasteiger partial charge on any atom is -0.341 e. The molecule has 1 aromatic carbocycles. The molecular weight excluding hydrogens is 314 g/mol. The molecule has 0 bridgehead atoms. The van der Waals surface area contributed by atoms with Crippen molar-refractivity contribution in [3.05, 3.63) is 34.9 Å². The van der Waals surface area contributed by atoms with Crippen molar-refractivity contribution in [2.45, 2.75) is 44.2 Å². The highest BCUT2D eigenvalue weighted by Crippen LogP contribution is 2.43. The van der Waals surface area contributed by atoms with E-state index in [2.05, 4.69) is 10.6 Å². The Labute approximate surface area is 141 Å². The van der Waals surface area contributed by atoms with Gasteiger partial charge in [-0.25, -0.2) is 4.79 Å². The molecule has 1 aliphatic carbocycles. The summed E-state index contributed by atoms with van der Waals surface area (Å²) < 4.78 is 0. The van der Waals surface area contributed by atoms with Gasteiger partial charge in [0.15, 0.2) is 0 Å². The van der Waals surface area contributed by atoms with Crippen LogP contribution in [0.15, 0.2) is 24.3 Å². The maximum Gasteiger partial charge on any atom is 0.315 e. The first kappa shape index (κ1) is 16.1. The van der Waals surface area contributed by atoms with Gasteiger partial charge in [0.2, 0.25) is 5.91 Å². The Hall–Kier alpha value is -1.75. The molecule has 5 nitrogen and oxygen atoms in total. The van der Waals surface area contributed by atoms with E-state index in [0.29, 0.717) is 18.9 Å². The number of nitrogens with one attached hydrogen (secondary N) is 2. The standard InChI is InChI=1S/C17H22ClN3O2/c1-11(10-21-8-4-7-16(21)22)19-17(23)20-15-9-13(15)12-5-2-3-6-14(12)18/h2-3,5-6,11,13,15H,4,7-10H2,1H3,(H2,19,20,23)/t11-,13+,15-/m1/s1. The average Bonchev–Trinajstić information content (AvgIpc) is 3.13. The zero-order valence-corrected chi connectivity index (χ0v) is 14.0. The molecule has 0 aromatic heterocycles. The lowest BCUT2D eigenvalue weighted by Crippen LogP contribution is -2.47. The molecule has 1 heterocycles. The number of urea groups is 1. The molecule has 1 saturated heterocycles. The van der Waals surface area contributed by atoms with Crippen LogP contribution in [0.1, 0.15) is 37.7 Å². The highest BCUT2D eigenvalue weighted by molar-refractivity contribution is 6.31. The Bertz CT molecular complexity index is 607. The second kappa shape index (κ2) is 6.79. The van der Waals surface area contributed by atoms with Crippen LogP contribution >= 0.6 is 11.6 Å². The van der Waals surface area contributed by atoms with Crippen LogP contribution in [0.4, 0.5) is 4.79 Å². The number of rotatable bonds is 5. The van der Waals surface area contributed by atoms with Crippen LogP contribution < -0.4 is 10.6 Å². The van der Waals surface area contributed by atoms with Crippen LogP contribution in [-0.4, -0.2) is 42.0 Å². The molecule has 2 fully saturated rings. The lowest BCUT2D eigenvalue weighted by Gasteiger charge is -2.21. The molecule has 3 atom stereocenters. The van der Waals surface area contributed by atoms with E-state index in [4.69, 9.17) is 11.6 Å². The summed E-state index contributed by atoms with van der Waals surface area (Å²) in [5.41, 5.74) is 1.09. The summed E-state index contributed by atoms with van der Waals surface area (Å²) in [7, 11) is 0. The third-order valence-corrected chi connectivity index (χ3v) is 4.80. The fourth-order valence-electron chi connectivity index (χ4n) is 3.18. The largest absolute Gasteiger partial charge is 0.341 e. The molecule has 6 heteroatoms. The van der Waals surface area contributed by atoms with Gasteiger partial charge in [-0.2, -0.15) is 0 Å². The molecule has 2 aliphatic rings. The maximum atomic E-state index is 12.1. The Morgan fingerprint density at radius 1 is 1.43 bits per heavy atom. The number of carbonyl (C=O) groups excluding carboxylic acids is 2. The zero-order chi connectivity index (χ0) is 16.4. The van der Waals surface area contributed by atoms with Gasteiger partial charge in [-0.1, -0.05) is 29.8 Å². The molecule has 0 spiro atoms. The fraction of sp³-hybridized carbons (Fsp3) is 0.529. The highest BCUT2D eigenvalue weighted by atomic mass is 35.5. The monoisotopic (exact) mass is 335 g/mol. The van der Waals surface area contributed by atoms with E-state index in [1.165, 1.54) is 0 Å². The number of halogens is 1. The number of amides is 3. The van der Waals surface area contributed by atoms with Crippen molar-refractivity contribution < 1.29 is 9.59 Å². The van der Waals surface area contributed by atoms with Gasteiger partial charge < -0.3 is 15.5 Å². The summed E-state index contributed by atoms with van der Waals surface area (Å²) in [5, 5.41) is 6.65. The molecule has 3 amide bonds. The third kappa shape index (κ3) is 3.96. The molecule has 0 radical (unpaired) electrons. The number of hydrogen-bond acceptors (Lipinski definition) is 2. The summed E-state index contributed by atoms with van der Waals surface area (Å²) in [6, 6.07) is 7.65. The summed E-state index contributed by atoms with van der Waals surface area (Å²) in [4.78, 5) is 25.5. The van der Waals surface area contributed by atoms with Crippen LogP contribution in [0.3, 0.4) is 0 Å². The molecule has 1 saturated carbocycles. The maximum absolute atomic E-state index is 12.1. The first-order valence-corrected chi connectivity index (χ1v) is 8.51. The summed E-state index contributed by atoms with van der Waals surface area (Å²) in [5.74, 6) is 0.477. The van der Waals surface area contributed by atoms with E-state index < -0.39 is 0 Å². The van der Waals surface area contributed by atoms with Crippen LogP contribution in [0.2, 0.25) is 5.02 Å². The fourth-order valence-corrected chi connectivity index (χ4v) is 3.46. The van der Waals surface area contributed by atoms with E-state index in [1.807, 2.05) is 36.1 Å². The van der Waals surface area contributed by atoms with E-state index in [-0.39, 0.29) is 24.0 Å². The van der Waals surface area contributed by atoms with Gasteiger partial charge in [0.25, 0.3) is 0 Å². The Balaban J connectivity index is 1.44. The normalized spacial score (nSPS) is 24.4. The van der Waals surface area contributed by atoms with Gasteiger partial charge in [-0.05, 0) is 31.4 Å². The Kier molecular flexibility index (Phi) is 4.76. The number of carbonyl (C=O) groups is 2. The van der Waals surface area contributed by atoms with Crippen molar-refractivity contribution >= 4 is 23.5 Å². The second-order valence-electron chi connectivity index (χ2n) is 6.43. The van der Waals surface area contributed by atoms with Gasteiger partial charge in [-0.3, -0.25) is 4.79 Å². The number of hydrogen-bond donors (Lipinski definition) is 2. The van der Waals surface area contributed by atoms with Crippen LogP contribution in [0.25, 0.3) is 0 Å². The van der Waals surface area contributed by atoms with Crippen LogP contribution in [-0.2, 0) is 4.79 Å². The van der Waals surface area contributed by atoms with Crippen molar-refractivity contribution in [1.29, 1.82) is 0 Å². The molecule has 1 aromatic rings. The molecule has 1 aliphatic heterocycles. The van der Waals surface area contributed by atoms with Gasteiger partial charge in [0.05, 0.1) is 0 Å². The van der Waals surface area contributed by atoms with Crippen molar-refractivity contribution in [2.75, 3.05) is 13.1 Å². The quantitative estimate of drug-likeness (QED) is 0.868. The van der Waals surface area contributed by atoms with Crippen molar-refractivity contribution in [1.82, 2.24) is 15.5 Å². The lowest BCUT2D eigenvalue weighted by atomic mass is 10.1. The molecule has 23 heavy (non-hydrogen) atoms. The van der Waals surface area contributed by atoms with Crippen molar-refractivity contribution in [3.8, 4) is 0 Å². The summed E-state index contributed by atoms with van der Waals surface area (Å²) >= 11 is 6.19. The molecule has 0 unspecified atom stereocenters. The predicted octanol–water partition coefficient (Wildman–Crippen LogP) is 2.51. The van der Waals surface area contributed by atoms with Crippen LogP contribution in [0.5, 0.6) is 0 Å². The number of likely N-dealkylation sites (tertiary alicyclic amines) is 1. The Morgan fingerprint density at radius 3 is 2.91 bits per heavy atom. The summed E-state index contributed by atoms with van der Waals surface area (Å²) in [6.07, 6.45) is 2.45. The van der Waals surface area contributed by atoms with E-state index >= 15 is 0 Å². The first-order chi connectivity index (χ1) is 11.0. The van der Waals surface area contributed by atoms with E-state index in [1.54, 1.807) is 0 Å². The first-order valence-electron chi connectivity index (χ1n) is 8.14. The molecule has 3 rings (SSSR count). The highest BCUT2D eigenvalue weighted by Gasteiger charge is 2.40. The van der Waals surface area contributed by atoms with Crippen LogP contribution in [0, 0.1) is 0 Å². The van der Waals surface area contributed by atoms with Crippen molar-refractivity contribution in [3.63, 3.8) is 0 Å². The second-order valence-corrected chi connectivity index (χ2v) is 6.84. The molecule has 124 valence electrons. The average molecular weight is 336 g/mol. The smallest absolute Gasteiger partial charge is 0.315 e. The van der Waals surface area contributed by atoms with E-state index in [9.17, 15) is 9.59 Å². The topological polar surface area (TPSA) is 61.4 Å².